The average Bonchev–Trinajstić information content (AvgIpc) is 2.78. The van der Waals surface area contributed by atoms with Crippen LogP contribution in [0.15, 0.2) is 29.7 Å². The SMILES string of the molecule is CC(Sc1nncn1C)C(=O)Nc1ccc(F)cc1F. The highest BCUT2D eigenvalue weighted by atomic mass is 32.2. The summed E-state index contributed by atoms with van der Waals surface area (Å²) in [5.74, 6) is -1.90. The Morgan fingerprint density at radius 3 is 2.80 bits per heavy atom. The number of thioether (sulfide) groups is 1. The van der Waals surface area contributed by atoms with E-state index in [1.165, 1.54) is 24.2 Å². The quantitative estimate of drug-likeness (QED) is 0.879. The summed E-state index contributed by atoms with van der Waals surface area (Å²) in [6.45, 7) is 1.66. The topological polar surface area (TPSA) is 59.8 Å². The van der Waals surface area contributed by atoms with E-state index in [0.717, 1.165) is 12.1 Å². The Morgan fingerprint density at radius 1 is 1.45 bits per heavy atom. The number of anilines is 1. The fourth-order valence-electron chi connectivity index (χ4n) is 1.42. The molecule has 0 saturated heterocycles. The van der Waals surface area contributed by atoms with E-state index in [1.54, 1.807) is 18.5 Å². The lowest BCUT2D eigenvalue weighted by Crippen LogP contribution is -2.23. The molecule has 1 amide bonds. The predicted molar refractivity (Wildman–Crippen MR) is 71.3 cm³/mol. The Balaban J connectivity index is 2.02. The molecule has 1 heterocycles. The van der Waals surface area contributed by atoms with Gasteiger partial charge >= 0.3 is 0 Å². The van der Waals surface area contributed by atoms with Crippen LogP contribution in [0.4, 0.5) is 14.5 Å². The molecular weight excluding hydrogens is 286 g/mol. The summed E-state index contributed by atoms with van der Waals surface area (Å²) >= 11 is 1.19. The first-order valence-electron chi connectivity index (χ1n) is 5.74. The van der Waals surface area contributed by atoms with Gasteiger partial charge in [0.05, 0.1) is 10.9 Å². The molecule has 1 aromatic carbocycles. The second-order valence-electron chi connectivity index (χ2n) is 4.10. The molecule has 0 bridgehead atoms. The van der Waals surface area contributed by atoms with Gasteiger partial charge in [-0.25, -0.2) is 8.78 Å². The van der Waals surface area contributed by atoms with Crippen LogP contribution in [0.5, 0.6) is 0 Å². The zero-order valence-corrected chi connectivity index (χ0v) is 11.6. The first-order chi connectivity index (χ1) is 9.47. The molecule has 1 aromatic heterocycles. The molecule has 0 fully saturated rings. The van der Waals surface area contributed by atoms with Gasteiger partial charge < -0.3 is 9.88 Å². The van der Waals surface area contributed by atoms with E-state index in [2.05, 4.69) is 15.5 Å². The van der Waals surface area contributed by atoms with Gasteiger partial charge in [-0.15, -0.1) is 10.2 Å². The summed E-state index contributed by atoms with van der Waals surface area (Å²) in [5.41, 5.74) is -0.0539. The molecule has 0 saturated carbocycles. The van der Waals surface area contributed by atoms with Crippen molar-refractivity contribution in [3.05, 3.63) is 36.2 Å². The lowest BCUT2D eigenvalue weighted by molar-refractivity contribution is -0.115. The van der Waals surface area contributed by atoms with Crippen LogP contribution in [0.25, 0.3) is 0 Å². The van der Waals surface area contributed by atoms with Gasteiger partial charge in [-0.3, -0.25) is 4.79 Å². The molecule has 106 valence electrons. The van der Waals surface area contributed by atoms with Crippen LogP contribution >= 0.6 is 11.8 Å². The Kier molecular flexibility index (Phi) is 4.33. The molecule has 0 aliphatic rings. The van der Waals surface area contributed by atoms with Gasteiger partial charge in [0.25, 0.3) is 0 Å². The summed E-state index contributed by atoms with van der Waals surface area (Å²) in [6.07, 6.45) is 1.52. The summed E-state index contributed by atoms with van der Waals surface area (Å²) < 4.78 is 27.9. The number of aryl methyl sites for hydroxylation is 1. The van der Waals surface area contributed by atoms with Gasteiger partial charge in [0.1, 0.15) is 18.0 Å². The third kappa shape index (κ3) is 3.32. The monoisotopic (exact) mass is 298 g/mol. The first kappa shape index (κ1) is 14.4. The third-order valence-corrected chi connectivity index (χ3v) is 3.66. The zero-order chi connectivity index (χ0) is 14.7. The number of nitrogens with one attached hydrogen (secondary N) is 1. The van der Waals surface area contributed by atoms with E-state index < -0.39 is 22.8 Å². The van der Waals surface area contributed by atoms with E-state index >= 15 is 0 Å². The molecule has 8 heteroatoms. The largest absolute Gasteiger partial charge is 0.323 e. The highest BCUT2D eigenvalue weighted by Crippen LogP contribution is 2.22. The van der Waals surface area contributed by atoms with Gasteiger partial charge in [-0.05, 0) is 19.1 Å². The van der Waals surface area contributed by atoms with E-state index in [1.807, 2.05) is 0 Å². The van der Waals surface area contributed by atoms with Gasteiger partial charge in [0.15, 0.2) is 5.16 Å². The molecule has 2 rings (SSSR count). The minimum absolute atomic E-state index is 0.0539. The fourth-order valence-corrected chi connectivity index (χ4v) is 2.21. The molecule has 0 aliphatic carbocycles. The van der Waals surface area contributed by atoms with E-state index in [-0.39, 0.29) is 5.69 Å². The van der Waals surface area contributed by atoms with Crippen molar-refractivity contribution in [2.75, 3.05) is 5.32 Å². The Labute approximate surface area is 118 Å². The second-order valence-corrected chi connectivity index (χ2v) is 5.41. The number of hydrogen-bond donors (Lipinski definition) is 1. The van der Waals surface area contributed by atoms with Crippen molar-refractivity contribution in [1.29, 1.82) is 0 Å². The van der Waals surface area contributed by atoms with Gasteiger partial charge in [-0.2, -0.15) is 0 Å². The maximum Gasteiger partial charge on any atom is 0.237 e. The highest BCUT2D eigenvalue weighted by Gasteiger charge is 2.18. The molecule has 1 atom stereocenters. The number of amides is 1. The van der Waals surface area contributed by atoms with Crippen molar-refractivity contribution >= 4 is 23.4 Å². The maximum atomic E-state index is 13.4. The van der Waals surface area contributed by atoms with Gasteiger partial charge in [0.2, 0.25) is 5.91 Å². The fraction of sp³-hybridized carbons (Fsp3) is 0.250. The lowest BCUT2D eigenvalue weighted by atomic mass is 10.3. The number of nitrogens with zero attached hydrogens (tertiary/aromatic N) is 3. The number of benzene rings is 1. The van der Waals surface area contributed by atoms with E-state index in [9.17, 15) is 13.6 Å². The van der Waals surface area contributed by atoms with Gasteiger partial charge in [0, 0.05) is 13.1 Å². The van der Waals surface area contributed by atoms with Crippen molar-refractivity contribution in [2.45, 2.75) is 17.3 Å². The third-order valence-electron chi connectivity index (χ3n) is 2.51. The predicted octanol–water partition coefficient (Wildman–Crippen LogP) is 2.21. The normalized spacial score (nSPS) is 12.2. The number of carbonyl (C=O) groups excluding carboxylic acids is 1. The number of carbonyl (C=O) groups is 1. The van der Waals surface area contributed by atoms with Crippen LogP contribution in [0.2, 0.25) is 0 Å². The molecule has 1 N–H and O–H groups in total. The van der Waals surface area contributed by atoms with Crippen molar-refractivity contribution < 1.29 is 13.6 Å². The Hall–Kier alpha value is -1.96. The van der Waals surface area contributed by atoms with Crippen molar-refractivity contribution in [2.24, 2.45) is 7.05 Å². The number of rotatable bonds is 4. The summed E-state index contributed by atoms with van der Waals surface area (Å²) in [5, 5.41) is 10.0. The van der Waals surface area contributed by atoms with Crippen LogP contribution in [0, 0.1) is 11.6 Å². The summed E-state index contributed by atoms with van der Waals surface area (Å²) in [4.78, 5) is 11.9. The van der Waals surface area contributed by atoms with Crippen LogP contribution < -0.4 is 5.32 Å². The summed E-state index contributed by atoms with van der Waals surface area (Å²) in [6, 6.07) is 2.98. The number of halogens is 2. The standard InChI is InChI=1S/C12H12F2N4OS/c1-7(20-12-17-15-6-18(12)2)11(19)16-10-4-3-8(13)5-9(10)14/h3-7H,1-2H3,(H,16,19). The van der Waals surface area contributed by atoms with Gasteiger partial charge in [-0.1, -0.05) is 11.8 Å². The van der Waals surface area contributed by atoms with Crippen LogP contribution in [-0.2, 0) is 11.8 Å². The Bertz CT molecular complexity index is 632. The van der Waals surface area contributed by atoms with Crippen LogP contribution in [0.3, 0.4) is 0 Å². The molecular formula is C12H12F2N4OS. The number of aromatic nitrogens is 3. The van der Waals surface area contributed by atoms with Crippen LogP contribution in [0.1, 0.15) is 6.92 Å². The molecule has 0 aliphatic heterocycles. The summed E-state index contributed by atoms with van der Waals surface area (Å²) in [7, 11) is 1.76. The van der Waals surface area contributed by atoms with E-state index in [4.69, 9.17) is 0 Å². The van der Waals surface area contributed by atoms with Crippen LogP contribution in [-0.4, -0.2) is 25.9 Å². The molecule has 2 aromatic rings. The average molecular weight is 298 g/mol. The van der Waals surface area contributed by atoms with Crippen molar-refractivity contribution in [1.82, 2.24) is 14.8 Å². The number of hydrogen-bond acceptors (Lipinski definition) is 4. The molecule has 0 radical (unpaired) electrons. The second kappa shape index (κ2) is 6.00. The zero-order valence-electron chi connectivity index (χ0n) is 10.8. The molecule has 5 nitrogen and oxygen atoms in total. The minimum Gasteiger partial charge on any atom is -0.323 e. The molecule has 0 spiro atoms. The highest BCUT2D eigenvalue weighted by molar-refractivity contribution is 8.00. The minimum atomic E-state index is -0.811. The molecule has 20 heavy (non-hydrogen) atoms. The smallest absolute Gasteiger partial charge is 0.237 e. The lowest BCUT2D eigenvalue weighted by Gasteiger charge is -2.11. The first-order valence-corrected chi connectivity index (χ1v) is 6.62. The van der Waals surface area contributed by atoms with E-state index in [0.29, 0.717) is 5.16 Å². The van der Waals surface area contributed by atoms with Crippen molar-refractivity contribution in [3.8, 4) is 0 Å². The van der Waals surface area contributed by atoms with Crippen molar-refractivity contribution in [3.63, 3.8) is 0 Å². The molecule has 1 unspecified atom stereocenters. The maximum absolute atomic E-state index is 13.4. The Morgan fingerprint density at radius 2 is 2.20 bits per heavy atom.